The second-order valence-corrected chi connectivity index (χ2v) is 6.11. The zero-order valence-corrected chi connectivity index (χ0v) is 13.2. The summed E-state index contributed by atoms with van der Waals surface area (Å²) in [5, 5.41) is 11.0. The van der Waals surface area contributed by atoms with Crippen molar-refractivity contribution in [3.8, 4) is 0 Å². The molecular formula is C16H22ClNO3. The molecule has 0 bridgehead atoms. The first-order valence-electron chi connectivity index (χ1n) is 7.26. The Balaban J connectivity index is 1.96. The number of halogens is 1. The second kappa shape index (κ2) is 7.25. The van der Waals surface area contributed by atoms with E-state index in [1.165, 1.54) is 7.11 Å². The van der Waals surface area contributed by atoms with Gasteiger partial charge in [0.15, 0.2) is 0 Å². The first-order chi connectivity index (χ1) is 10.0. The normalized spacial score (nSPS) is 17.6. The number of carbonyl (C=O) groups is 1. The number of aliphatic hydroxyl groups excluding tert-OH is 1. The van der Waals surface area contributed by atoms with Gasteiger partial charge in [-0.05, 0) is 30.5 Å². The van der Waals surface area contributed by atoms with Crippen molar-refractivity contribution < 1.29 is 14.6 Å². The number of hydrogen-bond donors (Lipinski definition) is 1. The Morgan fingerprint density at radius 2 is 2.00 bits per heavy atom. The highest BCUT2D eigenvalue weighted by atomic mass is 35.5. The van der Waals surface area contributed by atoms with Gasteiger partial charge in [-0.25, -0.2) is 0 Å². The van der Waals surface area contributed by atoms with Crippen molar-refractivity contribution in [1.82, 2.24) is 4.90 Å². The standard InChI is InChI=1S/C16H22ClNO3/c1-11(16(20)21-2)9-18(14-7-8-14)10-15(19)12-3-5-13(17)6-4-12/h3-6,11,14-15,19H,7-10H2,1-2H3. The molecule has 2 rings (SSSR count). The number of methoxy groups -OCH3 is 1. The summed E-state index contributed by atoms with van der Waals surface area (Å²) < 4.78 is 4.77. The first kappa shape index (κ1) is 16.3. The summed E-state index contributed by atoms with van der Waals surface area (Å²) >= 11 is 5.86. The van der Waals surface area contributed by atoms with Crippen molar-refractivity contribution in [2.75, 3.05) is 20.2 Å². The van der Waals surface area contributed by atoms with Crippen molar-refractivity contribution >= 4 is 17.6 Å². The van der Waals surface area contributed by atoms with E-state index in [9.17, 15) is 9.90 Å². The van der Waals surface area contributed by atoms with E-state index in [1.54, 1.807) is 12.1 Å². The Morgan fingerprint density at radius 3 is 2.52 bits per heavy atom. The Hall–Kier alpha value is -1.10. The third kappa shape index (κ3) is 4.70. The number of aliphatic hydroxyl groups is 1. The van der Waals surface area contributed by atoms with E-state index in [-0.39, 0.29) is 11.9 Å². The highest BCUT2D eigenvalue weighted by Crippen LogP contribution is 2.30. The average Bonchev–Trinajstić information content (AvgIpc) is 3.30. The van der Waals surface area contributed by atoms with Crippen LogP contribution in [0.4, 0.5) is 0 Å². The summed E-state index contributed by atoms with van der Waals surface area (Å²) in [7, 11) is 1.41. The summed E-state index contributed by atoms with van der Waals surface area (Å²) in [6.07, 6.45) is 1.68. The molecule has 2 atom stereocenters. The molecule has 1 N–H and O–H groups in total. The van der Waals surface area contributed by atoms with E-state index in [0.29, 0.717) is 24.2 Å². The Morgan fingerprint density at radius 1 is 1.38 bits per heavy atom. The Labute approximate surface area is 130 Å². The zero-order valence-electron chi connectivity index (χ0n) is 12.5. The van der Waals surface area contributed by atoms with Gasteiger partial charge in [-0.2, -0.15) is 0 Å². The molecule has 5 heteroatoms. The van der Waals surface area contributed by atoms with Crippen LogP contribution in [0.3, 0.4) is 0 Å². The highest BCUT2D eigenvalue weighted by Gasteiger charge is 2.32. The zero-order chi connectivity index (χ0) is 15.4. The molecule has 1 fully saturated rings. The van der Waals surface area contributed by atoms with Gasteiger partial charge in [0.2, 0.25) is 0 Å². The van der Waals surface area contributed by atoms with Gasteiger partial charge in [-0.1, -0.05) is 30.7 Å². The van der Waals surface area contributed by atoms with Crippen LogP contribution in [0.2, 0.25) is 5.02 Å². The number of ether oxygens (including phenoxy) is 1. The number of hydrogen-bond acceptors (Lipinski definition) is 4. The van der Waals surface area contributed by atoms with Gasteiger partial charge in [-0.3, -0.25) is 9.69 Å². The molecule has 1 aromatic carbocycles. The number of esters is 1. The second-order valence-electron chi connectivity index (χ2n) is 5.68. The maximum atomic E-state index is 11.6. The minimum atomic E-state index is -0.576. The van der Waals surface area contributed by atoms with Crippen molar-refractivity contribution in [3.05, 3.63) is 34.9 Å². The van der Waals surface area contributed by atoms with E-state index in [1.807, 2.05) is 19.1 Å². The lowest BCUT2D eigenvalue weighted by molar-refractivity contribution is -0.145. The maximum absolute atomic E-state index is 11.6. The molecule has 0 aromatic heterocycles. The van der Waals surface area contributed by atoms with Crippen LogP contribution in [0.5, 0.6) is 0 Å². The molecule has 2 unspecified atom stereocenters. The van der Waals surface area contributed by atoms with Gasteiger partial charge in [0.1, 0.15) is 0 Å². The fourth-order valence-corrected chi connectivity index (χ4v) is 2.58. The molecule has 0 radical (unpaired) electrons. The fraction of sp³-hybridized carbons (Fsp3) is 0.562. The van der Waals surface area contributed by atoms with Crippen LogP contribution < -0.4 is 0 Å². The molecule has 1 aromatic rings. The van der Waals surface area contributed by atoms with Crippen LogP contribution in [-0.4, -0.2) is 42.2 Å². The lowest BCUT2D eigenvalue weighted by Gasteiger charge is -2.27. The number of carbonyl (C=O) groups excluding carboxylic acids is 1. The van der Waals surface area contributed by atoms with E-state index in [2.05, 4.69) is 4.90 Å². The smallest absolute Gasteiger partial charge is 0.309 e. The lowest BCUT2D eigenvalue weighted by atomic mass is 10.1. The van der Waals surface area contributed by atoms with Gasteiger partial charge >= 0.3 is 5.97 Å². The van der Waals surface area contributed by atoms with Gasteiger partial charge in [0, 0.05) is 24.2 Å². The van der Waals surface area contributed by atoms with E-state index in [0.717, 1.165) is 18.4 Å². The van der Waals surface area contributed by atoms with Crippen LogP contribution in [0.15, 0.2) is 24.3 Å². The number of nitrogens with zero attached hydrogens (tertiary/aromatic N) is 1. The summed E-state index contributed by atoms with van der Waals surface area (Å²) in [5.41, 5.74) is 0.843. The molecule has 21 heavy (non-hydrogen) atoms. The van der Waals surface area contributed by atoms with Crippen molar-refractivity contribution in [2.45, 2.75) is 31.9 Å². The minimum absolute atomic E-state index is 0.187. The van der Waals surface area contributed by atoms with Crippen LogP contribution in [0.25, 0.3) is 0 Å². The Kier molecular flexibility index (Phi) is 5.62. The summed E-state index contributed by atoms with van der Waals surface area (Å²) in [6.45, 7) is 2.99. The molecule has 4 nitrogen and oxygen atoms in total. The van der Waals surface area contributed by atoms with E-state index < -0.39 is 6.10 Å². The highest BCUT2D eigenvalue weighted by molar-refractivity contribution is 6.30. The van der Waals surface area contributed by atoms with Crippen LogP contribution >= 0.6 is 11.6 Å². The van der Waals surface area contributed by atoms with Crippen molar-refractivity contribution in [2.24, 2.45) is 5.92 Å². The van der Waals surface area contributed by atoms with E-state index >= 15 is 0 Å². The summed E-state index contributed by atoms with van der Waals surface area (Å²) in [5.74, 6) is -0.394. The van der Waals surface area contributed by atoms with E-state index in [4.69, 9.17) is 16.3 Å². The molecule has 0 saturated heterocycles. The molecule has 0 amide bonds. The number of benzene rings is 1. The molecule has 0 aliphatic heterocycles. The summed E-state index contributed by atoms with van der Waals surface area (Å²) in [4.78, 5) is 13.7. The molecule has 0 spiro atoms. The molecule has 1 aliphatic rings. The predicted molar refractivity (Wildman–Crippen MR) is 82.2 cm³/mol. The average molecular weight is 312 g/mol. The van der Waals surface area contributed by atoms with Gasteiger partial charge in [0.25, 0.3) is 0 Å². The van der Waals surface area contributed by atoms with Crippen molar-refractivity contribution in [3.63, 3.8) is 0 Å². The van der Waals surface area contributed by atoms with Crippen LogP contribution in [0.1, 0.15) is 31.4 Å². The lowest BCUT2D eigenvalue weighted by Crippen LogP contribution is -2.37. The third-order valence-electron chi connectivity index (χ3n) is 3.84. The molecule has 1 aliphatic carbocycles. The van der Waals surface area contributed by atoms with Gasteiger partial charge in [-0.15, -0.1) is 0 Å². The molecule has 116 valence electrons. The quantitative estimate of drug-likeness (QED) is 0.787. The number of rotatable bonds is 7. The van der Waals surface area contributed by atoms with Crippen LogP contribution in [0, 0.1) is 5.92 Å². The fourth-order valence-electron chi connectivity index (χ4n) is 2.45. The minimum Gasteiger partial charge on any atom is -0.469 e. The van der Waals surface area contributed by atoms with Gasteiger partial charge < -0.3 is 9.84 Å². The topological polar surface area (TPSA) is 49.8 Å². The predicted octanol–water partition coefficient (Wildman–Crippen LogP) is 2.65. The monoisotopic (exact) mass is 311 g/mol. The van der Waals surface area contributed by atoms with Gasteiger partial charge in [0.05, 0.1) is 19.1 Å². The molecule has 0 heterocycles. The Bertz CT molecular complexity index is 473. The largest absolute Gasteiger partial charge is 0.469 e. The summed E-state index contributed by atoms with van der Waals surface area (Å²) in [6, 6.07) is 7.69. The first-order valence-corrected chi connectivity index (χ1v) is 7.64. The molecule has 1 saturated carbocycles. The maximum Gasteiger partial charge on any atom is 0.309 e. The molecular weight excluding hydrogens is 290 g/mol. The third-order valence-corrected chi connectivity index (χ3v) is 4.09. The SMILES string of the molecule is COC(=O)C(C)CN(CC(O)c1ccc(Cl)cc1)C1CC1. The van der Waals surface area contributed by atoms with Crippen molar-refractivity contribution in [1.29, 1.82) is 0 Å². The van der Waals surface area contributed by atoms with Crippen LogP contribution in [-0.2, 0) is 9.53 Å².